The summed E-state index contributed by atoms with van der Waals surface area (Å²) in [5.41, 5.74) is 12.9. The lowest BCUT2D eigenvalue weighted by molar-refractivity contribution is -0.134. The summed E-state index contributed by atoms with van der Waals surface area (Å²) < 4.78 is 0. The maximum atomic E-state index is 12.5. The monoisotopic (exact) mass is 288 g/mol. The number of nitrogens with zero attached hydrogens (tertiary/aromatic N) is 2. The zero-order valence-corrected chi connectivity index (χ0v) is 11.9. The summed E-state index contributed by atoms with van der Waals surface area (Å²) in [5.74, 6) is 0.389. The molecule has 0 spiro atoms. The van der Waals surface area contributed by atoms with Crippen LogP contribution >= 0.6 is 0 Å². The number of nitrogens with two attached hydrogens (primary N) is 2. The first-order chi connectivity index (χ1) is 10.1. The molecule has 1 aliphatic heterocycles. The van der Waals surface area contributed by atoms with E-state index in [9.17, 15) is 9.59 Å². The molecule has 21 heavy (non-hydrogen) atoms. The van der Waals surface area contributed by atoms with Crippen molar-refractivity contribution in [3.05, 3.63) is 23.8 Å². The topological polar surface area (TPSA) is 92.7 Å². The highest BCUT2D eigenvalue weighted by Gasteiger charge is 2.35. The van der Waals surface area contributed by atoms with E-state index in [1.54, 1.807) is 23.1 Å². The van der Waals surface area contributed by atoms with E-state index < -0.39 is 0 Å². The van der Waals surface area contributed by atoms with Crippen molar-refractivity contribution >= 4 is 23.2 Å². The highest BCUT2D eigenvalue weighted by molar-refractivity contribution is 5.99. The molecule has 4 N–H and O–H groups in total. The fraction of sp³-hybridized carbons (Fsp3) is 0.467. The molecule has 0 aromatic heterocycles. The fourth-order valence-corrected chi connectivity index (χ4v) is 2.66. The van der Waals surface area contributed by atoms with Crippen molar-refractivity contribution in [2.45, 2.75) is 12.8 Å². The van der Waals surface area contributed by atoms with Crippen molar-refractivity contribution in [2.24, 2.45) is 5.92 Å². The number of piperazine rings is 1. The molecule has 0 atom stereocenters. The zero-order chi connectivity index (χ0) is 15.0. The van der Waals surface area contributed by atoms with E-state index in [0.29, 0.717) is 43.1 Å². The molecule has 3 rings (SSSR count). The molecule has 2 aliphatic rings. The second-order valence-electron chi connectivity index (χ2n) is 5.74. The number of carbonyl (C=O) groups excluding carboxylic acids is 2. The Morgan fingerprint density at radius 3 is 2.19 bits per heavy atom. The Kier molecular flexibility index (Phi) is 3.45. The summed E-state index contributed by atoms with van der Waals surface area (Å²) in [6, 6.07) is 4.94. The summed E-state index contributed by atoms with van der Waals surface area (Å²) in [6.07, 6.45) is 2.03. The Morgan fingerprint density at radius 1 is 1.00 bits per heavy atom. The van der Waals surface area contributed by atoms with Gasteiger partial charge in [0.05, 0.1) is 5.56 Å². The van der Waals surface area contributed by atoms with E-state index >= 15 is 0 Å². The van der Waals surface area contributed by atoms with Gasteiger partial charge < -0.3 is 21.3 Å². The molecule has 1 aromatic rings. The predicted octanol–water partition coefficient (Wildman–Crippen LogP) is 0.545. The van der Waals surface area contributed by atoms with Gasteiger partial charge in [0.1, 0.15) is 0 Å². The molecule has 1 saturated heterocycles. The van der Waals surface area contributed by atoms with Crippen LogP contribution in [0.15, 0.2) is 18.2 Å². The quantitative estimate of drug-likeness (QED) is 0.777. The van der Waals surface area contributed by atoms with Crippen LogP contribution in [0.25, 0.3) is 0 Å². The minimum atomic E-state index is -0.0916. The molecule has 0 radical (unpaired) electrons. The predicted molar refractivity (Wildman–Crippen MR) is 80.5 cm³/mol. The molecule has 2 amide bonds. The lowest BCUT2D eigenvalue weighted by Crippen LogP contribution is -2.51. The van der Waals surface area contributed by atoms with E-state index in [1.807, 2.05) is 4.90 Å². The number of hydrogen-bond donors (Lipinski definition) is 2. The third kappa shape index (κ3) is 2.79. The van der Waals surface area contributed by atoms with Crippen LogP contribution in [0.1, 0.15) is 23.2 Å². The Balaban J connectivity index is 1.63. The molecule has 1 heterocycles. The van der Waals surface area contributed by atoms with Crippen LogP contribution in [0.3, 0.4) is 0 Å². The van der Waals surface area contributed by atoms with E-state index in [4.69, 9.17) is 11.5 Å². The Hall–Kier alpha value is -2.24. The van der Waals surface area contributed by atoms with Crippen molar-refractivity contribution in [1.82, 2.24) is 9.80 Å². The molecular formula is C15H20N4O2. The lowest BCUT2D eigenvalue weighted by Gasteiger charge is -2.35. The summed E-state index contributed by atoms with van der Waals surface area (Å²) >= 11 is 0. The second-order valence-corrected chi connectivity index (χ2v) is 5.74. The Bertz CT molecular complexity index is 575. The van der Waals surface area contributed by atoms with Gasteiger partial charge in [-0.15, -0.1) is 0 Å². The van der Waals surface area contributed by atoms with Gasteiger partial charge in [-0.25, -0.2) is 0 Å². The largest absolute Gasteiger partial charge is 0.399 e. The number of anilines is 2. The van der Waals surface area contributed by atoms with Gasteiger partial charge >= 0.3 is 0 Å². The van der Waals surface area contributed by atoms with E-state index in [1.165, 1.54) is 0 Å². The van der Waals surface area contributed by atoms with Gasteiger partial charge in [-0.05, 0) is 31.0 Å². The molecule has 6 nitrogen and oxygen atoms in total. The first-order valence-corrected chi connectivity index (χ1v) is 7.29. The van der Waals surface area contributed by atoms with Crippen molar-refractivity contribution in [3.63, 3.8) is 0 Å². The van der Waals surface area contributed by atoms with Crippen LogP contribution in [0.2, 0.25) is 0 Å². The van der Waals surface area contributed by atoms with E-state index in [2.05, 4.69) is 0 Å². The first kappa shape index (κ1) is 13.7. The minimum Gasteiger partial charge on any atom is -0.399 e. The van der Waals surface area contributed by atoms with E-state index in [-0.39, 0.29) is 17.7 Å². The van der Waals surface area contributed by atoms with Crippen LogP contribution in [-0.4, -0.2) is 47.8 Å². The SMILES string of the molecule is Nc1ccc(C(=O)N2CCN(C(=O)C3CC3)CC2)c(N)c1. The highest BCUT2D eigenvalue weighted by atomic mass is 16.2. The molecule has 1 aliphatic carbocycles. The number of carbonyl (C=O) groups is 2. The fourth-order valence-electron chi connectivity index (χ4n) is 2.66. The molecule has 112 valence electrons. The van der Waals surface area contributed by atoms with Crippen LogP contribution in [-0.2, 0) is 4.79 Å². The minimum absolute atomic E-state index is 0.0916. The van der Waals surface area contributed by atoms with Crippen LogP contribution in [0, 0.1) is 5.92 Å². The van der Waals surface area contributed by atoms with Crippen molar-refractivity contribution in [3.8, 4) is 0 Å². The number of amides is 2. The van der Waals surface area contributed by atoms with Crippen LogP contribution in [0.5, 0.6) is 0 Å². The van der Waals surface area contributed by atoms with Crippen molar-refractivity contribution < 1.29 is 9.59 Å². The summed E-state index contributed by atoms with van der Waals surface area (Å²) in [7, 11) is 0. The first-order valence-electron chi connectivity index (χ1n) is 7.29. The molecule has 0 bridgehead atoms. The van der Waals surface area contributed by atoms with Crippen LogP contribution in [0.4, 0.5) is 11.4 Å². The van der Waals surface area contributed by atoms with Gasteiger partial charge in [0, 0.05) is 43.5 Å². The summed E-state index contributed by atoms with van der Waals surface area (Å²) in [4.78, 5) is 28.1. The average Bonchev–Trinajstić information content (AvgIpc) is 3.31. The normalized spacial score (nSPS) is 18.7. The third-order valence-electron chi connectivity index (χ3n) is 4.11. The lowest BCUT2D eigenvalue weighted by atomic mass is 10.1. The molecule has 0 unspecified atom stereocenters. The molecule has 1 aromatic carbocycles. The van der Waals surface area contributed by atoms with Gasteiger partial charge in [-0.1, -0.05) is 0 Å². The van der Waals surface area contributed by atoms with Gasteiger partial charge in [0.25, 0.3) is 5.91 Å². The number of nitrogen functional groups attached to an aromatic ring is 2. The summed E-state index contributed by atoms with van der Waals surface area (Å²) in [5, 5.41) is 0. The van der Waals surface area contributed by atoms with Crippen molar-refractivity contribution in [1.29, 1.82) is 0 Å². The number of benzene rings is 1. The van der Waals surface area contributed by atoms with Gasteiger partial charge in [-0.2, -0.15) is 0 Å². The number of rotatable bonds is 2. The Morgan fingerprint density at radius 2 is 1.62 bits per heavy atom. The summed E-state index contributed by atoms with van der Waals surface area (Å²) in [6.45, 7) is 2.33. The van der Waals surface area contributed by atoms with Crippen LogP contribution < -0.4 is 11.5 Å². The van der Waals surface area contributed by atoms with Gasteiger partial charge in [0.2, 0.25) is 5.91 Å². The Labute approximate surface area is 123 Å². The standard InChI is InChI=1S/C15H20N4O2/c16-11-3-4-12(13(17)9-11)15(21)19-7-5-18(6-8-19)14(20)10-1-2-10/h3-4,9-10H,1-2,5-8,16-17H2. The molecule has 6 heteroatoms. The maximum absolute atomic E-state index is 12.5. The van der Waals surface area contributed by atoms with Gasteiger partial charge in [0.15, 0.2) is 0 Å². The van der Waals surface area contributed by atoms with Crippen molar-refractivity contribution in [2.75, 3.05) is 37.6 Å². The molecule has 2 fully saturated rings. The average molecular weight is 288 g/mol. The smallest absolute Gasteiger partial charge is 0.256 e. The third-order valence-corrected chi connectivity index (χ3v) is 4.11. The zero-order valence-electron chi connectivity index (χ0n) is 11.9. The second kappa shape index (κ2) is 5.27. The van der Waals surface area contributed by atoms with Gasteiger partial charge in [-0.3, -0.25) is 9.59 Å². The highest BCUT2D eigenvalue weighted by Crippen LogP contribution is 2.31. The maximum Gasteiger partial charge on any atom is 0.256 e. The molecular weight excluding hydrogens is 268 g/mol. The van der Waals surface area contributed by atoms with E-state index in [0.717, 1.165) is 12.8 Å². The number of hydrogen-bond acceptors (Lipinski definition) is 4. The molecule has 1 saturated carbocycles.